The lowest BCUT2D eigenvalue weighted by Gasteiger charge is -2.42. The van der Waals surface area contributed by atoms with E-state index in [9.17, 15) is 99.6 Å². The molecule has 0 radical (unpaired) electrons. The molecule has 4 aliphatic carbocycles. The molecular formula is C58H60N2O28. The van der Waals surface area contributed by atoms with Crippen LogP contribution in [-0.2, 0) is 60.6 Å². The number of carbonyl (C=O) groups is 8. The molecule has 88 heavy (non-hydrogen) atoms. The summed E-state index contributed by atoms with van der Waals surface area (Å²) in [7, 11) is 2.48. The van der Waals surface area contributed by atoms with Crippen LogP contribution in [0.1, 0.15) is 138 Å². The van der Waals surface area contributed by atoms with E-state index < -0.39 is 239 Å². The lowest BCUT2D eigenvalue weighted by Crippen LogP contribution is -2.56. The third kappa shape index (κ3) is 10.5. The molecule has 0 bridgehead atoms. The van der Waals surface area contributed by atoms with Crippen molar-refractivity contribution in [1.82, 2.24) is 11.0 Å². The second kappa shape index (κ2) is 23.9. The minimum absolute atomic E-state index is 0.0357. The van der Waals surface area contributed by atoms with E-state index >= 15 is 0 Å². The Balaban J connectivity index is 0.806. The standard InChI is InChI=1S/C58H60N2O28/c1-19-43(65)25(11-33(83-19)85-29-15-57(79,31(63)17-61)13-23-37(29)51(73)41-39(47(23)69)45(67)21-7-5-9-27(81-3)35(21)49(41)71)59-87-55(77)53(75)54(76)56(78)88-60-26-12-34(84-20(2)44(26)66)86-30-16-58(80,32(64)18-62)14-24-38(30)52(74)42-40(48(24)70)46(68)22-8-6-10-28(82-4)36(22)50(42)72/h5-10,19-20,25-26,29-30,33-34,43-44,53-54,59-62,65-66,69-70,73-76,79-80H,11-18H2,1-4H3/t19?,20?,25?,26?,29-,30-,33?,34?,43?,44?,53?,54?,57-,58-/m0/s1. The van der Waals surface area contributed by atoms with Gasteiger partial charge in [-0.1, -0.05) is 24.3 Å². The Labute approximate surface area is 496 Å². The summed E-state index contributed by atoms with van der Waals surface area (Å²) in [6.07, 6.45) is -21.6. The van der Waals surface area contributed by atoms with E-state index in [4.69, 9.17) is 38.1 Å². The number of phenols is 4. The van der Waals surface area contributed by atoms with Gasteiger partial charge in [-0.05, 0) is 26.0 Å². The van der Waals surface area contributed by atoms with Crippen LogP contribution < -0.4 is 20.4 Å². The number of Topliss-reactive ketones (excluding diaryl/α,β-unsaturated/α-hetero) is 2. The van der Waals surface area contributed by atoms with Crippen LogP contribution in [-0.4, -0.2) is 208 Å². The van der Waals surface area contributed by atoms with Gasteiger partial charge in [-0.25, -0.2) is 9.59 Å². The highest BCUT2D eigenvalue weighted by atomic mass is 16.7. The molecule has 10 rings (SSSR count). The summed E-state index contributed by atoms with van der Waals surface area (Å²) >= 11 is 0. The number of carbonyl (C=O) groups excluding carboxylic acids is 8. The second-order valence-electron chi connectivity index (χ2n) is 22.2. The van der Waals surface area contributed by atoms with Crippen LogP contribution >= 0.6 is 0 Å². The predicted octanol–water partition coefficient (Wildman–Crippen LogP) is -2.08. The van der Waals surface area contributed by atoms with Gasteiger partial charge in [0.05, 0.1) is 96.3 Å². The maximum absolute atomic E-state index is 14.1. The number of nitrogens with one attached hydrogen (secondary N) is 2. The van der Waals surface area contributed by atoms with Gasteiger partial charge in [0, 0.05) is 71.9 Å². The predicted molar refractivity (Wildman–Crippen MR) is 286 cm³/mol. The molecule has 6 aliphatic rings. The summed E-state index contributed by atoms with van der Waals surface area (Å²) in [6, 6.07) is 5.38. The van der Waals surface area contributed by atoms with E-state index in [2.05, 4.69) is 11.0 Å². The highest BCUT2D eigenvalue weighted by Crippen LogP contribution is 2.55. The van der Waals surface area contributed by atoms with Crippen molar-refractivity contribution in [3.05, 3.63) is 103 Å². The maximum Gasteiger partial charge on any atom is 0.357 e. The molecule has 0 amide bonds. The fourth-order valence-corrected chi connectivity index (χ4v) is 12.3. The number of aliphatic hydroxyl groups is 8. The molecule has 0 spiro atoms. The Kier molecular flexibility index (Phi) is 17.1. The van der Waals surface area contributed by atoms with Crippen molar-refractivity contribution in [2.24, 2.45) is 0 Å². The first-order valence-electron chi connectivity index (χ1n) is 27.4. The number of rotatable bonds is 17. The van der Waals surface area contributed by atoms with E-state index in [-0.39, 0.29) is 44.9 Å². The molecule has 2 fully saturated rings. The van der Waals surface area contributed by atoms with Gasteiger partial charge in [-0.2, -0.15) is 0 Å². The number of hydrogen-bond acceptors (Lipinski definition) is 30. The number of ether oxygens (including phenoxy) is 6. The number of phenolic OH excluding ortho intramolecular Hbond substituents is 4. The molecule has 14 atom stereocenters. The van der Waals surface area contributed by atoms with E-state index in [0.717, 1.165) is 0 Å². The average molecular weight is 1230 g/mol. The molecule has 14 N–H and O–H groups in total. The number of methoxy groups -OCH3 is 2. The van der Waals surface area contributed by atoms with Crippen molar-refractivity contribution in [1.29, 1.82) is 0 Å². The first-order chi connectivity index (χ1) is 41.6. The van der Waals surface area contributed by atoms with Crippen molar-refractivity contribution in [3.8, 4) is 34.5 Å². The number of ketones is 6. The van der Waals surface area contributed by atoms with Crippen molar-refractivity contribution < 1.29 is 138 Å². The zero-order valence-corrected chi connectivity index (χ0v) is 46.9. The van der Waals surface area contributed by atoms with Crippen LogP contribution in [0, 0.1) is 0 Å². The Morgan fingerprint density at radius 2 is 0.920 bits per heavy atom. The molecule has 30 nitrogen and oxygen atoms in total. The zero-order chi connectivity index (χ0) is 63.9. The molecule has 30 heteroatoms. The Bertz CT molecular complexity index is 3370. The summed E-state index contributed by atoms with van der Waals surface area (Å²) in [5.41, 5.74) is -5.60. The van der Waals surface area contributed by atoms with Gasteiger partial charge in [0.2, 0.25) is 11.6 Å². The molecule has 2 aliphatic heterocycles. The molecule has 0 saturated carbocycles. The monoisotopic (exact) mass is 1230 g/mol. The third-order valence-electron chi connectivity index (χ3n) is 16.9. The van der Waals surface area contributed by atoms with Crippen LogP contribution in [0.2, 0.25) is 0 Å². The lowest BCUT2D eigenvalue weighted by molar-refractivity contribution is -0.258. The minimum atomic E-state index is -2.74. The molecule has 10 unspecified atom stereocenters. The van der Waals surface area contributed by atoms with Crippen molar-refractivity contribution in [3.63, 3.8) is 0 Å². The van der Waals surface area contributed by atoms with E-state index in [0.29, 0.717) is 0 Å². The Morgan fingerprint density at radius 1 is 0.568 bits per heavy atom. The first-order valence-corrected chi connectivity index (χ1v) is 27.4. The third-order valence-corrected chi connectivity index (χ3v) is 16.9. The Hall–Kier alpha value is -7.92. The number of hydrogen-bond donors (Lipinski definition) is 14. The number of benzene rings is 4. The number of aromatic hydroxyl groups is 4. The molecular weight excluding hydrogens is 1170 g/mol. The summed E-state index contributed by atoms with van der Waals surface area (Å²) in [6.45, 7) is 0.258. The first kappa shape index (κ1) is 63.1. The van der Waals surface area contributed by atoms with Crippen LogP contribution in [0.3, 0.4) is 0 Å². The van der Waals surface area contributed by atoms with Gasteiger partial charge in [0.25, 0.3) is 0 Å². The van der Waals surface area contributed by atoms with Gasteiger partial charge in [-0.15, -0.1) is 11.0 Å². The average Bonchev–Trinajstić information content (AvgIpc) is 0.759. The van der Waals surface area contributed by atoms with Gasteiger partial charge in [-0.3, -0.25) is 28.8 Å². The molecule has 2 heterocycles. The molecule has 470 valence electrons. The van der Waals surface area contributed by atoms with Crippen molar-refractivity contribution in [2.75, 3.05) is 27.4 Å². The van der Waals surface area contributed by atoms with E-state index in [1.165, 1.54) is 64.5 Å². The Morgan fingerprint density at radius 3 is 1.26 bits per heavy atom. The molecule has 4 aromatic carbocycles. The molecule has 4 aromatic rings. The van der Waals surface area contributed by atoms with Gasteiger partial charge >= 0.3 is 11.9 Å². The number of hydroxylamine groups is 2. The fourth-order valence-electron chi connectivity index (χ4n) is 12.3. The van der Waals surface area contributed by atoms with Gasteiger partial charge < -0.3 is 99.4 Å². The van der Waals surface area contributed by atoms with Gasteiger partial charge in [0.1, 0.15) is 58.9 Å². The van der Waals surface area contributed by atoms with Gasteiger partial charge in [0.15, 0.2) is 47.9 Å². The summed E-state index contributed by atoms with van der Waals surface area (Å²) in [5, 5.41) is 134. The highest BCUT2D eigenvalue weighted by Gasteiger charge is 2.53. The maximum atomic E-state index is 14.1. The normalized spacial score (nSPS) is 28.6. The largest absolute Gasteiger partial charge is 0.507 e. The van der Waals surface area contributed by atoms with Crippen molar-refractivity contribution in [2.45, 2.75) is 137 Å². The SMILES string of the molecule is COc1cccc2c1C(=O)c1c(O)c3c(c(O)c1C2=O)C[C@@](O)(C(=O)CO)C[C@@H]3OC1CC(NOC(=O)C(O)C(O)C(=O)ONC2CC(O[C@H]3C[C@](O)(C(=O)CO)Cc4c(O)c5c(c(O)c43)C(=O)c3c(OC)cccc3C5=O)OC(C)C2O)C(O)C(C)O1. The van der Waals surface area contributed by atoms with Crippen LogP contribution in [0.25, 0.3) is 0 Å². The summed E-state index contributed by atoms with van der Waals surface area (Å²) < 4.78 is 34.6. The minimum Gasteiger partial charge on any atom is -0.507 e. The van der Waals surface area contributed by atoms with Crippen LogP contribution in [0.4, 0.5) is 0 Å². The topological polar surface area (TPSA) is 477 Å². The van der Waals surface area contributed by atoms with Crippen molar-refractivity contribution >= 4 is 46.6 Å². The second-order valence-corrected chi connectivity index (χ2v) is 22.2. The summed E-state index contributed by atoms with van der Waals surface area (Å²) in [4.78, 5) is 118. The smallest absolute Gasteiger partial charge is 0.357 e. The zero-order valence-electron chi connectivity index (χ0n) is 46.9. The fraction of sp³-hybridized carbons (Fsp3) is 0.448. The molecule has 0 aromatic heterocycles. The summed E-state index contributed by atoms with van der Waals surface area (Å²) in [5.74, 6) is -13.1. The quantitative estimate of drug-likeness (QED) is 0.0344. The number of fused-ring (bicyclic) bond motifs is 6. The lowest BCUT2D eigenvalue weighted by atomic mass is 9.72. The highest BCUT2D eigenvalue weighted by molar-refractivity contribution is 6.32. The molecule has 2 saturated heterocycles. The van der Waals surface area contributed by atoms with Crippen LogP contribution in [0.15, 0.2) is 36.4 Å². The van der Waals surface area contributed by atoms with E-state index in [1.54, 1.807) is 0 Å². The van der Waals surface area contributed by atoms with E-state index in [1.807, 2.05) is 0 Å². The van der Waals surface area contributed by atoms with Crippen LogP contribution in [0.5, 0.6) is 34.5 Å². The number of aliphatic hydroxyl groups excluding tert-OH is 6.